The Hall–Kier alpha value is -3.90. The zero-order chi connectivity index (χ0) is 22.3. The van der Waals surface area contributed by atoms with Crippen molar-refractivity contribution in [2.45, 2.75) is 19.3 Å². The highest BCUT2D eigenvalue weighted by Gasteiger charge is 2.14. The van der Waals surface area contributed by atoms with Gasteiger partial charge < -0.3 is 0 Å². The van der Waals surface area contributed by atoms with Crippen LogP contribution >= 0.6 is 0 Å². The average Bonchev–Trinajstić information content (AvgIpc) is 2.88. The molecule has 0 heterocycles. The molecule has 0 aromatic heterocycles. The molecule has 0 atom stereocenters. The predicted molar refractivity (Wildman–Crippen MR) is 140 cm³/mol. The summed E-state index contributed by atoms with van der Waals surface area (Å²) in [6.07, 6.45) is 2.82. The van der Waals surface area contributed by atoms with Gasteiger partial charge in [0.15, 0.2) is 0 Å². The largest absolute Gasteiger partial charge is 0.0622 e. The van der Waals surface area contributed by atoms with Crippen LogP contribution in [-0.2, 0) is 19.3 Å². The lowest BCUT2D eigenvalue weighted by atomic mass is 9.86. The van der Waals surface area contributed by atoms with E-state index in [0.29, 0.717) is 0 Å². The molecule has 0 radical (unpaired) electrons. The molecule has 5 aromatic carbocycles. The molecule has 5 aromatic rings. The van der Waals surface area contributed by atoms with Crippen molar-refractivity contribution < 1.29 is 0 Å². The Bertz CT molecular complexity index is 1230. The monoisotopic (exact) mass is 424 g/mol. The van der Waals surface area contributed by atoms with E-state index in [1.54, 1.807) is 0 Å². The molecular weight excluding hydrogens is 396 g/mol. The van der Waals surface area contributed by atoms with Crippen LogP contribution in [0.1, 0.15) is 33.4 Å². The van der Waals surface area contributed by atoms with Gasteiger partial charge in [0, 0.05) is 0 Å². The van der Waals surface area contributed by atoms with E-state index in [2.05, 4.69) is 133 Å². The third-order valence-corrected chi connectivity index (χ3v) is 6.24. The summed E-state index contributed by atoms with van der Waals surface area (Å²) < 4.78 is 0. The van der Waals surface area contributed by atoms with Crippen molar-refractivity contribution >= 4 is 0 Å². The van der Waals surface area contributed by atoms with Gasteiger partial charge in [-0.3, -0.25) is 0 Å². The molecule has 0 fully saturated rings. The van der Waals surface area contributed by atoms with Crippen molar-refractivity contribution in [1.29, 1.82) is 0 Å². The predicted octanol–water partition coefficient (Wildman–Crippen LogP) is 8.13. The molecule has 0 heteroatoms. The van der Waals surface area contributed by atoms with E-state index >= 15 is 0 Å². The first-order valence-electron chi connectivity index (χ1n) is 11.7. The summed E-state index contributed by atoms with van der Waals surface area (Å²) >= 11 is 0. The minimum Gasteiger partial charge on any atom is -0.0622 e. The summed E-state index contributed by atoms with van der Waals surface area (Å²) in [5.74, 6) is 0. The molecule has 0 saturated carbocycles. The van der Waals surface area contributed by atoms with E-state index < -0.39 is 0 Å². The van der Waals surface area contributed by atoms with Gasteiger partial charge in [0.05, 0.1) is 0 Å². The number of rotatable bonds is 7. The normalized spacial score (nSPS) is 10.8. The maximum Gasteiger partial charge on any atom is -0.00201 e. The zero-order valence-electron chi connectivity index (χ0n) is 18.8. The fraction of sp³-hybridized carbons (Fsp3) is 0.0909. The Labute approximate surface area is 197 Å². The molecule has 0 aliphatic heterocycles. The summed E-state index contributed by atoms with van der Waals surface area (Å²) in [4.78, 5) is 0. The minimum atomic E-state index is 0.936. The lowest BCUT2D eigenvalue weighted by Gasteiger charge is -2.19. The molecule has 0 saturated heterocycles. The van der Waals surface area contributed by atoms with Crippen LogP contribution < -0.4 is 0 Å². The third-order valence-electron chi connectivity index (χ3n) is 6.24. The molecule has 0 nitrogen and oxygen atoms in total. The Kier molecular flexibility index (Phi) is 6.45. The third kappa shape index (κ3) is 5.30. The van der Waals surface area contributed by atoms with Crippen molar-refractivity contribution in [2.75, 3.05) is 0 Å². The molecular formula is C33H28. The van der Waals surface area contributed by atoms with E-state index in [0.717, 1.165) is 19.3 Å². The van der Waals surface area contributed by atoms with E-state index in [9.17, 15) is 0 Å². The Morgan fingerprint density at radius 2 is 0.697 bits per heavy atom. The fourth-order valence-electron chi connectivity index (χ4n) is 4.57. The molecule has 0 aliphatic rings. The second kappa shape index (κ2) is 10.1. The van der Waals surface area contributed by atoms with E-state index in [1.165, 1.54) is 44.5 Å². The fourth-order valence-corrected chi connectivity index (χ4v) is 4.57. The van der Waals surface area contributed by atoms with Gasteiger partial charge in [0.2, 0.25) is 0 Å². The molecule has 160 valence electrons. The van der Waals surface area contributed by atoms with Gasteiger partial charge in [0.1, 0.15) is 0 Å². The lowest BCUT2D eigenvalue weighted by molar-refractivity contribution is 1.03. The first kappa shape index (κ1) is 21.0. The topological polar surface area (TPSA) is 0 Å². The highest BCUT2D eigenvalue weighted by Crippen LogP contribution is 2.31. The summed E-state index contributed by atoms with van der Waals surface area (Å²) in [5.41, 5.74) is 10.9. The molecule has 0 spiro atoms. The summed E-state index contributed by atoms with van der Waals surface area (Å²) in [6.45, 7) is 0. The van der Waals surface area contributed by atoms with E-state index in [4.69, 9.17) is 0 Å². The van der Waals surface area contributed by atoms with Crippen molar-refractivity contribution in [3.63, 3.8) is 0 Å². The van der Waals surface area contributed by atoms with Crippen molar-refractivity contribution in [3.05, 3.63) is 167 Å². The van der Waals surface area contributed by atoms with Gasteiger partial charge in [0.25, 0.3) is 0 Å². The summed E-state index contributed by atoms with van der Waals surface area (Å²) in [7, 11) is 0. The van der Waals surface area contributed by atoms with Gasteiger partial charge in [-0.1, -0.05) is 133 Å². The highest BCUT2D eigenvalue weighted by atomic mass is 14.2. The van der Waals surface area contributed by atoms with Crippen LogP contribution in [0.25, 0.3) is 11.1 Å². The average molecular weight is 425 g/mol. The SMILES string of the molecule is c1ccc(Cc2cc(-c3ccccc3)cc(Cc3ccccc3)c2Cc2ccccc2)cc1. The van der Waals surface area contributed by atoms with Gasteiger partial charge in [-0.2, -0.15) is 0 Å². The van der Waals surface area contributed by atoms with Crippen molar-refractivity contribution in [2.24, 2.45) is 0 Å². The van der Waals surface area contributed by atoms with Crippen molar-refractivity contribution in [3.8, 4) is 11.1 Å². The highest BCUT2D eigenvalue weighted by molar-refractivity contribution is 5.67. The van der Waals surface area contributed by atoms with E-state index in [1.807, 2.05) is 0 Å². The van der Waals surface area contributed by atoms with Crippen LogP contribution in [0.4, 0.5) is 0 Å². The molecule has 0 unspecified atom stereocenters. The van der Waals surface area contributed by atoms with Gasteiger partial charge in [-0.25, -0.2) is 0 Å². The number of hydrogen-bond donors (Lipinski definition) is 0. The standard InChI is InChI=1S/C33H28/c1-5-13-26(14-6-1)21-31-24-30(29-19-11-4-12-20-29)25-32(22-27-15-7-2-8-16-27)33(31)23-28-17-9-3-10-18-28/h1-20,24-25H,21-23H2. The summed E-state index contributed by atoms with van der Waals surface area (Å²) in [6, 6.07) is 48.1. The van der Waals surface area contributed by atoms with Gasteiger partial charge >= 0.3 is 0 Å². The minimum absolute atomic E-state index is 0.936. The molecule has 5 rings (SSSR count). The first-order chi connectivity index (χ1) is 16.3. The maximum absolute atomic E-state index is 2.41. The van der Waals surface area contributed by atoms with Crippen LogP contribution in [0.5, 0.6) is 0 Å². The molecule has 0 aliphatic carbocycles. The molecule has 33 heavy (non-hydrogen) atoms. The van der Waals surface area contributed by atoms with Crippen LogP contribution in [0.15, 0.2) is 133 Å². The van der Waals surface area contributed by atoms with E-state index in [-0.39, 0.29) is 0 Å². The summed E-state index contributed by atoms with van der Waals surface area (Å²) in [5, 5.41) is 0. The Morgan fingerprint density at radius 3 is 1.12 bits per heavy atom. The number of benzene rings is 5. The smallest absolute Gasteiger partial charge is 0.00201 e. The van der Waals surface area contributed by atoms with Gasteiger partial charge in [-0.05, 0) is 63.8 Å². The first-order valence-corrected chi connectivity index (χ1v) is 11.7. The number of hydrogen-bond acceptors (Lipinski definition) is 0. The second-order valence-electron chi connectivity index (χ2n) is 8.63. The Balaban J connectivity index is 1.66. The molecule has 0 amide bonds. The van der Waals surface area contributed by atoms with Crippen LogP contribution in [0.2, 0.25) is 0 Å². The van der Waals surface area contributed by atoms with Crippen molar-refractivity contribution in [1.82, 2.24) is 0 Å². The lowest BCUT2D eigenvalue weighted by Crippen LogP contribution is -2.05. The Morgan fingerprint density at radius 1 is 0.333 bits per heavy atom. The maximum atomic E-state index is 2.41. The molecule has 0 bridgehead atoms. The molecule has 0 N–H and O–H groups in total. The zero-order valence-corrected chi connectivity index (χ0v) is 18.8. The van der Waals surface area contributed by atoms with Crippen LogP contribution in [0.3, 0.4) is 0 Å². The quantitative estimate of drug-likeness (QED) is 0.247. The van der Waals surface area contributed by atoms with Crippen LogP contribution in [-0.4, -0.2) is 0 Å². The van der Waals surface area contributed by atoms with Crippen LogP contribution in [0, 0.1) is 0 Å². The van der Waals surface area contributed by atoms with Gasteiger partial charge in [-0.15, -0.1) is 0 Å². The second-order valence-corrected chi connectivity index (χ2v) is 8.63.